The van der Waals surface area contributed by atoms with Gasteiger partial charge in [0.1, 0.15) is 0 Å². The van der Waals surface area contributed by atoms with Gasteiger partial charge in [-0.15, -0.1) is 0 Å². The van der Waals surface area contributed by atoms with E-state index in [0.717, 1.165) is 12.8 Å². The standard InChI is InChI=1S/2C12H19.C2H7Si.2ClH.Zr/c2*1-4-5-6-11-7-8-12(9-11)10(2)3;1-3-2;;;/h2*7-10H,4-6H2,1-3H3;3H,1-2H3;2*1H;/q;;;;;+2/p-2. The van der Waals surface area contributed by atoms with E-state index in [1.807, 2.05) is 0 Å². The molecule has 0 aromatic carbocycles. The van der Waals surface area contributed by atoms with Gasteiger partial charge in [0.25, 0.3) is 0 Å². The Labute approximate surface area is 196 Å². The average Bonchev–Trinajstić information content (AvgIpc) is 3.30. The van der Waals surface area contributed by atoms with E-state index in [-0.39, 0.29) is 0 Å². The molecule has 2 aliphatic carbocycles. The molecule has 0 aromatic heterocycles. The van der Waals surface area contributed by atoms with Crippen LogP contribution in [0.5, 0.6) is 0 Å². The van der Waals surface area contributed by atoms with Gasteiger partial charge in [0.05, 0.1) is 0 Å². The molecule has 0 amide bonds. The van der Waals surface area contributed by atoms with Crippen molar-refractivity contribution in [3.63, 3.8) is 0 Å². The molecule has 0 nitrogen and oxygen atoms in total. The Hall–Kier alpha value is 0.640. The Morgan fingerprint density at radius 2 is 1.17 bits per heavy atom. The molecule has 2 aliphatic rings. The van der Waals surface area contributed by atoms with Gasteiger partial charge in [-0.25, -0.2) is 0 Å². The second-order valence-electron chi connectivity index (χ2n) is 10.6. The fraction of sp³-hybridized carbons (Fsp3) is 0.692. The predicted molar refractivity (Wildman–Crippen MR) is 139 cm³/mol. The summed E-state index contributed by atoms with van der Waals surface area (Å²) in [5.74, 6) is -0.321. The molecule has 0 saturated heterocycles. The summed E-state index contributed by atoms with van der Waals surface area (Å²) in [4.78, 5) is 0. The van der Waals surface area contributed by atoms with Crippen LogP contribution in [-0.4, -0.2) is 5.92 Å². The van der Waals surface area contributed by atoms with Crippen LogP contribution in [0.4, 0.5) is 0 Å². The van der Waals surface area contributed by atoms with Gasteiger partial charge in [-0.3, -0.25) is 0 Å². The van der Waals surface area contributed by atoms with Crippen LogP contribution in [0.25, 0.3) is 0 Å². The van der Waals surface area contributed by atoms with Crippen molar-refractivity contribution in [2.45, 2.75) is 100 Å². The fourth-order valence-corrected chi connectivity index (χ4v) is 34.0. The van der Waals surface area contributed by atoms with E-state index in [4.69, 9.17) is 17.0 Å². The summed E-state index contributed by atoms with van der Waals surface area (Å²) in [7, 11) is 16.2. The molecule has 0 aromatic rings. The summed E-state index contributed by atoms with van der Waals surface area (Å²) in [5, 5.41) is 0. The van der Waals surface area contributed by atoms with E-state index in [1.165, 1.54) is 48.0 Å². The van der Waals surface area contributed by atoms with Crippen LogP contribution < -0.4 is 0 Å². The first-order valence-corrected chi connectivity index (χ1v) is 28.7. The Morgan fingerprint density at radius 1 is 0.800 bits per heavy atom. The molecular formula is C26H45Cl2SiZr. The zero-order chi connectivity index (χ0) is 22.7. The summed E-state index contributed by atoms with van der Waals surface area (Å²) < 4.78 is 0.615. The van der Waals surface area contributed by atoms with Crippen molar-refractivity contribution in [3.8, 4) is 0 Å². The Morgan fingerprint density at radius 3 is 1.43 bits per heavy atom. The van der Waals surface area contributed by atoms with Crippen LogP contribution in [-0.2, 0) is 15.6 Å². The SMILES string of the molecule is CCCCC1=C[CH]([Zr]([Cl])([Cl])([CH]2C=C(CCCC)C=C2C(C)C)[SiH](C)C)C(C(C)C)=C1. The van der Waals surface area contributed by atoms with Crippen molar-refractivity contribution in [1.29, 1.82) is 0 Å². The molecule has 0 heterocycles. The minimum absolute atomic E-state index is 0.308. The molecule has 0 saturated carbocycles. The van der Waals surface area contributed by atoms with E-state index >= 15 is 0 Å². The van der Waals surface area contributed by atoms with Crippen LogP contribution in [0.15, 0.2) is 46.6 Å². The van der Waals surface area contributed by atoms with E-state index in [9.17, 15) is 0 Å². The van der Waals surface area contributed by atoms with Crippen molar-refractivity contribution >= 4 is 22.9 Å². The van der Waals surface area contributed by atoms with Gasteiger partial charge < -0.3 is 0 Å². The molecule has 30 heavy (non-hydrogen) atoms. The number of rotatable bonds is 11. The Bertz CT molecular complexity index is 684. The van der Waals surface area contributed by atoms with Gasteiger partial charge in [0, 0.05) is 0 Å². The first-order chi connectivity index (χ1) is 14.0. The quantitative estimate of drug-likeness (QED) is 0.226. The van der Waals surface area contributed by atoms with Crippen molar-refractivity contribution in [1.82, 2.24) is 0 Å². The summed E-state index contributed by atoms with van der Waals surface area (Å²) in [5.41, 5.74) is 6.03. The van der Waals surface area contributed by atoms with Gasteiger partial charge in [-0.2, -0.15) is 0 Å². The molecule has 171 valence electrons. The van der Waals surface area contributed by atoms with Crippen LogP contribution in [0, 0.1) is 11.8 Å². The molecule has 0 bridgehead atoms. The first kappa shape index (κ1) is 26.9. The van der Waals surface area contributed by atoms with Gasteiger partial charge >= 0.3 is 197 Å². The number of allylic oxidation sites excluding steroid dienone is 8. The molecule has 4 heteroatoms. The molecule has 2 unspecified atom stereocenters. The predicted octanol–water partition coefficient (Wildman–Crippen LogP) is 9.97. The van der Waals surface area contributed by atoms with Crippen LogP contribution >= 0.6 is 17.0 Å². The third-order valence-electron chi connectivity index (χ3n) is 7.45. The molecule has 0 N–H and O–H groups in total. The summed E-state index contributed by atoms with van der Waals surface area (Å²) in [6.07, 6.45) is 17.3. The zero-order valence-electron chi connectivity index (χ0n) is 20.7. The third kappa shape index (κ3) is 5.24. The summed E-state index contributed by atoms with van der Waals surface area (Å²) in [6, 6.07) is 0. The number of unbranched alkanes of at least 4 members (excludes halogenated alkanes) is 2. The second-order valence-corrected chi connectivity index (χ2v) is 53.4. The molecule has 0 spiro atoms. The first-order valence-electron chi connectivity index (χ1n) is 12.4. The van der Waals surface area contributed by atoms with Gasteiger partial charge in [0.2, 0.25) is 0 Å². The topological polar surface area (TPSA) is 0 Å². The summed E-state index contributed by atoms with van der Waals surface area (Å²) >= 11 is -4.25. The molecule has 2 atom stereocenters. The van der Waals surface area contributed by atoms with Crippen LogP contribution in [0.1, 0.15) is 80.1 Å². The molecular weight excluding hydrogens is 503 g/mol. The van der Waals surface area contributed by atoms with Crippen LogP contribution in [0.2, 0.25) is 20.3 Å². The monoisotopic (exact) mass is 545 g/mol. The number of hydrogen-bond donors (Lipinski definition) is 0. The maximum atomic E-state index is 8.08. The van der Waals surface area contributed by atoms with E-state index in [2.05, 4.69) is 78.9 Å². The van der Waals surface area contributed by atoms with E-state index in [1.54, 1.807) is 0 Å². The molecule has 0 fully saturated rings. The maximum absolute atomic E-state index is 8.08. The third-order valence-corrected chi connectivity index (χ3v) is 59.5. The van der Waals surface area contributed by atoms with Crippen molar-refractivity contribution in [2.75, 3.05) is 0 Å². The average molecular weight is 548 g/mol. The van der Waals surface area contributed by atoms with E-state index < -0.39 is 21.5 Å². The number of halogens is 2. The Kier molecular flexibility index (Phi) is 9.60. The number of hydrogen-bond acceptors (Lipinski definition) is 0. The van der Waals surface area contributed by atoms with Crippen molar-refractivity contribution < 1.29 is 15.6 Å². The normalized spacial score (nSPS) is 23.6. The fourth-order valence-electron chi connectivity index (χ4n) is 5.32. The van der Waals surface area contributed by atoms with Crippen molar-refractivity contribution in [3.05, 3.63) is 46.6 Å². The van der Waals surface area contributed by atoms with Gasteiger partial charge in [-0.1, -0.05) is 0 Å². The Balaban J connectivity index is 2.60. The van der Waals surface area contributed by atoms with Gasteiger partial charge in [-0.05, 0) is 0 Å². The second kappa shape index (κ2) is 10.7. The molecule has 0 aliphatic heterocycles. The zero-order valence-corrected chi connectivity index (χ0v) is 25.8. The molecule has 2 rings (SSSR count). The van der Waals surface area contributed by atoms with Crippen LogP contribution in [0.3, 0.4) is 0 Å². The minimum atomic E-state index is -4.25. The summed E-state index contributed by atoms with van der Waals surface area (Å²) in [6.45, 7) is 18.8. The van der Waals surface area contributed by atoms with E-state index in [0.29, 0.717) is 19.1 Å². The molecule has 0 radical (unpaired) electrons. The van der Waals surface area contributed by atoms with Crippen molar-refractivity contribution in [2.24, 2.45) is 11.8 Å². The van der Waals surface area contributed by atoms with Gasteiger partial charge in [0.15, 0.2) is 0 Å².